The lowest BCUT2D eigenvalue weighted by atomic mass is 9.92. The molecule has 4 N–H and O–H groups in total. The van der Waals surface area contributed by atoms with Crippen molar-refractivity contribution in [2.24, 2.45) is 5.73 Å². The van der Waals surface area contributed by atoms with Gasteiger partial charge in [0.05, 0.1) is 11.3 Å². The summed E-state index contributed by atoms with van der Waals surface area (Å²) in [7, 11) is 0. The number of aryl methyl sites for hydroxylation is 1. The van der Waals surface area contributed by atoms with Crippen LogP contribution in [0.15, 0.2) is 78.9 Å². The molecule has 1 aliphatic rings. The van der Waals surface area contributed by atoms with Gasteiger partial charge in [0, 0.05) is 25.8 Å². The number of anilines is 1. The van der Waals surface area contributed by atoms with E-state index in [0.717, 1.165) is 23.3 Å². The summed E-state index contributed by atoms with van der Waals surface area (Å²) in [6.45, 7) is 6.79. The van der Waals surface area contributed by atoms with E-state index >= 15 is 0 Å². The Bertz CT molecular complexity index is 1470. The number of hydrogen-bond donors (Lipinski definition) is 3. The van der Waals surface area contributed by atoms with Crippen molar-refractivity contribution in [2.75, 3.05) is 11.9 Å². The molecule has 2 aromatic rings. The Morgan fingerprint density at radius 1 is 1.09 bits per heavy atom. The third-order valence-corrected chi connectivity index (χ3v) is 7.30. The van der Waals surface area contributed by atoms with E-state index in [1.54, 1.807) is 31.2 Å². The molecule has 3 amide bonds. The number of nitrogens with one attached hydrogen (secondary N) is 2. The van der Waals surface area contributed by atoms with Crippen LogP contribution in [0, 0.1) is 6.92 Å². The standard InChI is InChI=1S/C33H37F3N4O4/c1-4-5-6-9-22(3)29(41)14-15-30(42)40-20-24-11-8-7-10-23(24)19-28(40)32(44)39-27(16-17-37)31(43)38-26-13-12-21(2)18-25(26)33(34,35)36/h4-13,18,27-28H,1,14-17,19-20,37H2,2-3H3,(H,38,43)(H,39,44)/b6-5-,22-9+/t27-,28-/m0/s1. The van der Waals surface area contributed by atoms with E-state index in [2.05, 4.69) is 17.2 Å². The first-order valence-electron chi connectivity index (χ1n) is 14.2. The molecule has 1 aliphatic heterocycles. The first-order valence-corrected chi connectivity index (χ1v) is 14.2. The van der Waals surface area contributed by atoms with Gasteiger partial charge in [-0.2, -0.15) is 13.2 Å². The van der Waals surface area contributed by atoms with Crippen LogP contribution in [0.3, 0.4) is 0 Å². The van der Waals surface area contributed by atoms with Gasteiger partial charge in [0.25, 0.3) is 0 Å². The zero-order valence-electron chi connectivity index (χ0n) is 24.7. The van der Waals surface area contributed by atoms with Crippen LogP contribution in [0.4, 0.5) is 18.9 Å². The number of allylic oxidation sites excluding steroid dienone is 5. The molecular weight excluding hydrogens is 573 g/mol. The Balaban J connectivity index is 1.80. The topological polar surface area (TPSA) is 122 Å². The second-order valence-corrected chi connectivity index (χ2v) is 10.6. The molecule has 0 saturated carbocycles. The molecule has 2 atom stereocenters. The molecule has 0 bridgehead atoms. The summed E-state index contributed by atoms with van der Waals surface area (Å²) in [4.78, 5) is 54.1. The molecule has 0 spiro atoms. The minimum Gasteiger partial charge on any atom is -0.342 e. The summed E-state index contributed by atoms with van der Waals surface area (Å²) in [6, 6.07) is 8.55. The molecule has 0 fully saturated rings. The number of amides is 3. The van der Waals surface area contributed by atoms with Gasteiger partial charge in [0.2, 0.25) is 17.7 Å². The van der Waals surface area contributed by atoms with Crippen molar-refractivity contribution in [3.8, 4) is 0 Å². The first kappa shape index (κ1) is 34.0. The number of ketones is 1. The number of nitrogens with two attached hydrogens (primary N) is 1. The van der Waals surface area contributed by atoms with Crippen molar-refractivity contribution < 1.29 is 32.3 Å². The van der Waals surface area contributed by atoms with Gasteiger partial charge in [0.15, 0.2) is 5.78 Å². The van der Waals surface area contributed by atoms with Gasteiger partial charge in [0.1, 0.15) is 12.1 Å². The predicted molar refractivity (Wildman–Crippen MR) is 162 cm³/mol. The number of alkyl halides is 3. The van der Waals surface area contributed by atoms with Crippen LogP contribution in [0.2, 0.25) is 0 Å². The molecule has 234 valence electrons. The van der Waals surface area contributed by atoms with Gasteiger partial charge in [-0.3, -0.25) is 19.2 Å². The Labute approximate surface area is 254 Å². The minimum absolute atomic E-state index is 0.0362. The van der Waals surface area contributed by atoms with Crippen LogP contribution < -0.4 is 16.4 Å². The van der Waals surface area contributed by atoms with E-state index in [-0.39, 0.29) is 44.6 Å². The fourth-order valence-electron chi connectivity index (χ4n) is 4.88. The van der Waals surface area contributed by atoms with E-state index in [9.17, 15) is 32.3 Å². The quantitative estimate of drug-likeness (QED) is 0.236. The predicted octanol–water partition coefficient (Wildman–Crippen LogP) is 4.78. The molecular formula is C33H37F3N4O4. The van der Waals surface area contributed by atoms with E-state index in [0.29, 0.717) is 11.1 Å². The van der Waals surface area contributed by atoms with Crippen LogP contribution in [-0.4, -0.2) is 47.0 Å². The number of carbonyl (C=O) groups is 4. The van der Waals surface area contributed by atoms with Crippen molar-refractivity contribution in [2.45, 2.75) is 64.3 Å². The minimum atomic E-state index is -4.71. The molecule has 11 heteroatoms. The smallest absolute Gasteiger partial charge is 0.342 e. The summed E-state index contributed by atoms with van der Waals surface area (Å²) >= 11 is 0. The number of Topliss-reactive ketones (excluding diaryl/α,β-unsaturated/α-hetero) is 1. The Morgan fingerprint density at radius 3 is 2.45 bits per heavy atom. The molecule has 0 aromatic heterocycles. The second-order valence-electron chi connectivity index (χ2n) is 10.6. The number of benzene rings is 2. The summed E-state index contributed by atoms with van der Waals surface area (Å²) in [6.07, 6.45) is 1.72. The van der Waals surface area contributed by atoms with Gasteiger partial charge in [-0.25, -0.2) is 0 Å². The van der Waals surface area contributed by atoms with Gasteiger partial charge in [-0.1, -0.05) is 66.8 Å². The lowest BCUT2D eigenvalue weighted by Crippen LogP contribution is -2.56. The highest BCUT2D eigenvalue weighted by atomic mass is 19.4. The second kappa shape index (κ2) is 15.3. The molecule has 1 heterocycles. The summed E-state index contributed by atoms with van der Waals surface area (Å²) in [5.74, 6) is -2.17. The fourth-order valence-corrected chi connectivity index (χ4v) is 4.88. The molecule has 0 aliphatic carbocycles. The Morgan fingerprint density at radius 2 is 1.80 bits per heavy atom. The van der Waals surface area contributed by atoms with Crippen molar-refractivity contribution >= 4 is 29.2 Å². The van der Waals surface area contributed by atoms with Gasteiger partial charge in [-0.05, 0) is 55.6 Å². The van der Waals surface area contributed by atoms with Crippen molar-refractivity contribution in [1.82, 2.24) is 10.2 Å². The lowest BCUT2D eigenvalue weighted by Gasteiger charge is -2.36. The number of rotatable bonds is 12. The SMILES string of the molecule is C=C/C=C\C=C(/C)C(=O)CCC(=O)N1Cc2ccccc2C[C@H]1C(=O)N[C@@H](CCN)C(=O)Nc1ccc(C)cc1C(F)(F)F. The Hall–Kier alpha value is -4.51. The van der Waals surface area contributed by atoms with Crippen LogP contribution >= 0.6 is 0 Å². The maximum atomic E-state index is 13.6. The molecule has 0 unspecified atom stereocenters. The van der Waals surface area contributed by atoms with Crippen molar-refractivity contribution in [3.05, 3.63) is 101 Å². The average Bonchev–Trinajstić information content (AvgIpc) is 2.99. The van der Waals surface area contributed by atoms with Crippen LogP contribution in [0.25, 0.3) is 0 Å². The third kappa shape index (κ3) is 9.00. The highest BCUT2D eigenvalue weighted by Gasteiger charge is 2.37. The maximum Gasteiger partial charge on any atom is 0.418 e. The third-order valence-electron chi connectivity index (χ3n) is 7.30. The van der Waals surface area contributed by atoms with Gasteiger partial charge < -0.3 is 21.3 Å². The van der Waals surface area contributed by atoms with Gasteiger partial charge >= 0.3 is 6.18 Å². The summed E-state index contributed by atoms with van der Waals surface area (Å²) in [5.41, 5.74) is 6.74. The van der Waals surface area contributed by atoms with E-state index in [1.807, 2.05) is 24.3 Å². The molecule has 44 heavy (non-hydrogen) atoms. The molecule has 3 rings (SSSR count). The average molecular weight is 611 g/mol. The number of nitrogens with zero attached hydrogens (tertiary/aromatic N) is 1. The van der Waals surface area contributed by atoms with E-state index in [4.69, 9.17) is 5.73 Å². The largest absolute Gasteiger partial charge is 0.418 e. The number of fused-ring (bicyclic) bond motifs is 1. The number of hydrogen-bond acceptors (Lipinski definition) is 5. The number of halogens is 3. The van der Waals surface area contributed by atoms with Crippen LogP contribution in [0.5, 0.6) is 0 Å². The summed E-state index contributed by atoms with van der Waals surface area (Å²) < 4.78 is 40.9. The normalized spacial score (nSPS) is 15.8. The lowest BCUT2D eigenvalue weighted by molar-refractivity contribution is -0.143. The highest BCUT2D eigenvalue weighted by Crippen LogP contribution is 2.35. The highest BCUT2D eigenvalue weighted by molar-refractivity contribution is 6.00. The molecule has 2 aromatic carbocycles. The molecule has 8 nitrogen and oxygen atoms in total. The van der Waals surface area contributed by atoms with Crippen LogP contribution in [0.1, 0.15) is 48.4 Å². The zero-order valence-corrected chi connectivity index (χ0v) is 24.7. The monoisotopic (exact) mass is 610 g/mol. The van der Waals surface area contributed by atoms with Crippen molar-refractivity contribution in [3.63, 3.8) is 0 Å². The zero-order chi connectivity index (χ0) is 32.4. The Kier molecular flexibility index (Phi) is 11.8. The number of carbonyl (C=O) groups excluding carboxylic acids is 4. The van der Waals surface area contributed by atoms with Crippen molar-refractivity contribution in [1.29, 1.82) is 0 Å². The fraction of sp³-hybridized carbons (Fsp3) is 0.333. The van der Waals surface area contributed by atoms with E-state index in [1.165, 1.54) is 17.9 Å². The molecule has 0 radical (unpaired) electrons. The van der Waals surface area contributed by atoms with E-state index < -0.39 is 47.2 Å². The van der Waals surface area contributed by atoms with Crippen LogP contribution in [-0.2, 0) is 38.3 Å². The maximum absolute atomic E-state index is 13.6. The van der Waals surface area contributed by atoms with Gasteiger partial charge in [-0.15, -0.1) is 0 Å². The summed E-state index contributed by atoms with van der Waals surface area (Å²) in [5, 5.41) is 4.89. The first-order chi connectivity index (χ1) is 20.8. The molecule has 0 saturated heterocycles.